The molecule has 0 aromatic heterocycles. The smallest absolute Gasteiger partial charge is 0.0558 e. The third-order valence-corrected chi connectivity index (χ3v) is 2.18. The van der Waals surface area contributed by atoms with Crippen molar-refractivity contribution in [2.45, 2.75) is 26.2 Å². The van der Waals surface area contributed by atoms with Gasteiger partial charge in [-0.1, -0.05) is 25.2 Å². The van der Waals surface area contributed by atoms with Gasteiger partial charge in [-0.15, -0.1) is 6.58 Å². The maximum Gasteiger partial charge on any atom is 0.0558 e. The summed E-state index contributed by atoms with van der Waals surface area (Å²) in [5.41, 5.74) is 0. The van der Waals surface area contributed by atoms with Crippen LogP contribution in [0.2, 0.25) is 0 Å². The number of nitrogens with zero attached hydrogens (tertiary/aromatic N) is 1. The second kappa shape index (κ2) is 10.5. The van der Waals surface area contributed by atoms with Crippen LogP contribution in [0, 0.1) is 0 Å². The van der Waals surface area contributed by atoms with Gasteiger partial charge in [0.15, 0.2) is 0 Å². The van der Waals surface area contributed by atoms with E-state index in [4.69, 9.17) is 5.11 Å². The number of aliphatic hydroxyl groups is 1. The Morgan fingerprint density at radius 3 is 2.64 bits per heavy atom. The first-order valence-electron chi connectivity index (χ1n) is 5.44. The summed E-state index contributed by atoms with van der Waals surface area (Å²) < 4.78 is 0. The number of unbranched alkanes of at least 4 members (excludes halogenated alkanes) is 1. The highest BCUT2D eigenvalue weighted by Gasteiger charge is 1.98. The molecule has 1 N–H and O–H groups in total. The molecule has 0 aromatic carbocycles. The molecule has 0 saturated carbocycles. The lowest BCUT2D eigenvalue weighted by molar-refractivity contribution is 0.201. The zero-order valence-corrected chi connectivity index (χ0v) is 9.28. The van der Waals surface area contributed by atoms with Gasteiger partial charge in [0.2, 0.25) is 0 Å². The van der Waals surface area contributed by atoms with Crippen LogP contribution in [-0.2, 0) is 0 Å². The van der Waals surface area contributed by atoms with Gasteiger partial charge < -0.3 is 10.0 Å². The van der Waals surface area contributed by atoms with E-state index in [1.807, 2.05) is 6.08 Å². The molecule has 0 heterocycles. The molecule has 82 valence electrons. The number of likely N-dealkylation sites (N-methyl/N-ethyl adjacent to an activating group) is 1. The van der Waals surface area contributed by atoms with Gasteiger partial charge >= 0.3 is 0 Å². The van der Waals surface area contributed by atoms with Crippen LogP contribution in [0.5, 0.6) is 0 Å². The molecule has 0 spiro atoms. The molecule has 0 amide bonds. The van der Waals surface area contributed by atoms with E-state index in [9.17, 15) is 0 Å². The van der Waals surface area contributed by atoms with Crippen molar-refractivity contribution >= 4 is 0 Å². The van der Waals surface area contributed by atoms with Crippen LogP contribution < -0.4 is 0 Å². The maximum atomic E-state index is 8.77. The zero-order valence-electron chi connectivity index (χ0n) is 9.28. The number of aliphatic hydroxyl groups excluding tert-OH is 1. The molecule has 0 aliphatic heterocycles. The van der Waals surface area contributed by atoms with Gasteiger partial charge in [0.1, 0.15) is 0 Å². The second-order valence-electron chi connectivity index (χ2n) is 3.30. The molecule has 0 aliphatic carbocycles. The van der Waals surface area contributed by atoms with Crippen LogP contribution in [0.4, 0.5) is 0 Å². The van der Waals surface area contributed by atoms with Gasteiger partial charge in [-0.3, -0.25) is 0 Å². The minimum absolute atomic E-state index is 0.264. The molecule has 0 radical (unpaired) electrons. The summed E-state index contributed by atoms with van der Waals surface area (Å²) in [5, 5.41) is 8.77. The Labute approximate surface area is 87.9 Å². The fourth-order valence-electron chi connectivity index (χ4n) is 1.31. The van der Waals surface area contributed by atoms with Crippen molar-refractivity contribution < 1.29 is 5.11 Å². The van der Waals surface area contributed by atoms with Crippen LogP contribution >= 0.6 is 0 Å². The van der Waals surface area contributed by atoms with E-state index in [1.165, 1.54) is 6.42 Å². The Balaban J connectivity index is 3.36. The molecule has 0 atom stereocenters. The van der Waals surface area contributed by atoms with E-state index < -0.39 is 0 Å². The van der Waals surface area contributed by atoms with E-state index in [0.717, 1.165) is 32.5 Å². The fourth-order valence-corrected chi connectivity index (χ4v) is 1.31. The van der Waals surface area contributed by atoms with Crippen LogP contribution in [-0.4, -0.2) is 36.2 Å². The van der Waals surface area contributed by atoms with Crippen molar-refractivity contribution in [1.82, 2.24) is 4.90 Å². The summed E-state index contributed by atoms with van der Waals surface area (Å²) in [6, 6.07) is 0. The Hall–Kier alpha value is -0.600. The summed E-state index contributed by atoms with van der Waals surface area (Å²) in [6.45, 7) is 8.95. The Morgan fingerprint density at radius 1 is 1.29 bits per heavy atom. The van der Waals surface area contributed by atoms with Crippen LogP contribution in [0.15, 0.2) is 24.8 Å². The number of hydrogen-bond donors (Lipinski definition) is 1. The Morgan fingerprint density at radius 2 is 2.07 bits per heavy atom. The van der Waals surface area contributed by atoms with Crippen LogP contribution in [0.3, 0.4) is 0 Å². The van der Waals surface area contributed by atoms with Crippen molar-refractivity contribution in [3.63, 3.8) is 0 Å². The quantitative estimate of drug-likeness (QED) is 0.452. The van der Waals surface area contributed by atoms with Crippen molar-refractivity contribution in [3.8, 4) is 0 Å². The lowest BCUT2D eigenvalue weighted by atomic mass is 10.2. The molecular formula is C12H23NO. The molecule has 14 heavy (non-hydrogen) atoms. The predicted molar refractivity (Wildman–Crippen MR) is 62.4 cm³/mol. The largest absolute Gasteiger partial charge is 0.395 e. The van der Waals surface area contributed by atoms with E-state index in [1.54, 1.807) is 0 Å². The fraction of sp³-hybridized carbons (Fsp3) is 0.667. The standard InChI is InChI=1S/C12H23NO/c1-3-5-6-7-8-9-10-13(4-2)11-12-14/h3,6-7,14H,1,4-5,8-12H2,2H3. The van der Waals surface area contributed by atoms with E-state index in [-0.39, 0.29) is 6.61 Å². The Kier molecular flexibility index (Phi) is 10.0. The van der Waals surface area contributed by atoms with Crippen molar-refractivity contribution in [2.24, 2.45) is 0 Å². The third-order valence-electron chi connectivity index (χ3n) is 2.18. The van der Waals surface area contributed by atoms with Gasteiger partial charge in [0, 0.05) is 6.54 Å². The van der Waals surface area contributed by atoms with Gasteiger partial charge in [0.05, 0.1) is 6.61 Å². The number of rotatable bonds is 9. The average Bonchev–Trinajstić information content (AvgIpc) is 2.21. The summed E-state index contributed by atoms with van der Waals surface area (Å²) in [7, 11) is 0. The highest BCUT2D eigenvalue weighted by molar-refractivity contribution is 4.88. The first kappa shape index (κ1) is 13.4. The van der Waals surface area contributed by atoms with E-state index in [0.29, 0.717) is 0 Å². The van der Waals surface area contributed by atoms with E-state index >= 15 is 0 Å². The topological polar surface area (TPSA) is 23.5 Å². The summed E-state index contributed by atoms with van der Waals surface area (Å²) in [4.78, 5) is 2.27. The van der Waals surface area contributed by atoms with Crippen molar-refractivity contribution in [1.29, 1.82) is 0 Å². The minimum Gasteiger partial charge on any atom is -0.395 e. The number of hydrogen-bond acceptors (Lipinski definition) is 2. The average molecular weight is 197 g/mol. The van der Waals surface area contributed by atoms with Gasteiger partial charge in [0.25, 0.3) is 0 Å². The molecule has 0 aromatic rings. The Bertz CT molecular complexity index is 154. The monoisotopic (exact) mass is 197 g/mol. The molecule has 0 bridgehead atoms. The van der Waals surface area contributed by atoms with Crippen LogP contribution in [0.1, 0.15) is 26.2 Å². The highest BCUT2D eigenvalue weighted by Crippen LogP contribution is 1.97. The molecule has 0 aliphatic rings. The maximum absolute atomic E-state index is 8.77. The van der Waals surface area contributed by atoms with Gasteiger partial charge in [-0.25, -0.2) is 0 Å². The molecule has 0 fully saturated rings. The van der Waals surface area contributed by atoms with Crippen molar-refractivity contribution in [3.05, 3.63) is 24.8 Å². The minimum atomic E-state index is 0.264. The molecule has 2 nitrogen and oxygen atoms in total. The molecular weight excluding hydrogens is 174 g/mol. The predicted octanol–water partition coefficient (Wildman–Crippen LogP) is 2.21. The lowest BCUT2D eigenvalue weighted by Gasteiger charge is -2.18. The second-order valence-corrected chi connectivity index (χ2v) is 3.30. The zero-order chi connectivity index (χ0) is 10.6. The first-order valence-corrected chi connectivity index (χ1v) is 5.44. The highest BCUT2D eigenvalue weighted by atomic mass is 16.3. The van der Waals surface area contributed by atoms with Gasteiger partial charge in [-0.05, 0) is 32.4 Å². The lowest BCUT2D eigenvalue weighted by Crippen LogP contribution is -2.27. The molecule has 0 saturated heterocycles. The third kappa shape index (κ3) is 8.02. The molecule has 0 rings (SSSR count). The number of allylic oxidation sites excluding steroid dienone is 3. The SMILES string of the molecule is C=CCC=CCCCN(CC)CCO. The summed E-state index contributed by atoms with van der Waals surface area (Å²) in [5.74, 6) is 0. The summed E-state index contributed by atoms with van der Waals surface area (Å²) >= 11 is 0. The van der Waals surface area contributed by atoms with Crippen molar-refractivity contribution in [2.75, 3.05) is 26.2 Å². The molecule has 2 heteroatoms. The van der Waals surface area contributed by atoms with Crippen LogP contribution in [0.25, 0.3) is 0 Å². The molecule has 0 unspecified atom stereocenters. The first-order chi connectivity index (χ1) is 6.85. The normalized spacial score (nSPS) is 11.4. The van der Waals surface area contributed by atoms with E-state index in [2.05, 4.69) is 30.6 Å². The summed E-state index contributed by atoms with van der Waals surface area (Å²) in [6.07, 6.45) is 9.51. The van der Waals surface area contributed by atoms with Gasteiger partial charge in [-0.2, -0.15) is 0 Å².